The van der Waals surface area contributed by atoms with Crippen LogP contribution >= 0.6 is 11.3 Å². The molecule has 0 bridgehead atoms. The van der Waals surface area contributed by atoms with Crippen molar-refractivity contribution in [3.63, 3.8) is 0 Å². The third kappa shape index (κ3) is 6.51. The summed E-state index contributed by atoms with van der Waals surface area (Å²) in [4.78, 5) is 0. The molecule has 0 atom stereocenters. The van der Waals surface area contributed by atoms with E-state index < -0.39 is 0 Å². The Balaban J connectivity index is 0.00000101. The third-order valence-corrected chi connectivity index (χ3v) is 5.57. The van der Waals surface area contributed by atoms with Crippen LogP contribution in [0.5, 0.6) is 5.75 Å². The monoisotopic (exact) mass is 422 g/mol. The summed E-state index contributed by atoms with van der Waals surface area (Å²) >= 11 is 1.81. The second-order valence-corrected chi connectivity index (χ2v) is 8.03. The van der Waals surface area contributed by atoms with Gasteiger partial charge in [0.25, 0.3) is 0 Å². The number of hydrogen-bond acceptors (Lipinski definition) is 5. The zero-order chi connectivity index (χ0) is 21.9. The fourth-order valence-corrected chi connectivity index (χ4v) is 4.09. The number of nitrogens with two attached hydrogens (primary N) is 2. The highest BCUT2D eigenvalue weighted by Crippen LogP contribution is 2.32. The van der Waals surface area contributed by atoms with E-state index in [1.165, 1.54) is 26.8 Å². The summed E-state index contributed by atoms with van der Waals surface area (Å²) in [5.41, 5.74) is 6.27. The number of ether oxygens (including phenoxy) is 1. The van der Waals surface area contributed by atoms with Crippen LogP contribution in [0.3, 0.4) is 0 Å². The fourth-order valence-electron chi connectivity index (χ4n) is 2.99. The molecular weight excluding hydrogens is 392 g/mol. The molecule has 0 fully saturated rings. The van der Waals surface area contributed by atoms with Crippen LogP contribution in [0.4, 0.5) is 0 Å². The Bertz CT molecular complexity index is 1000. The predicted octanol–water partition coefficient (Wildman–Crippen LogP) is 4.91. The summed E-state index contributed by atoms with van der Waals surface area (Å²) in [5.74, 6) is 14.8. The normalized spacial score (nSPS) is 11.0. The maximum atomic E-state index is 5.97. The average Bonchev–Trinajstić information content (AvgIpc) is 3.18. The van der Waals surface area contributed by atoms with Gasteiger partial charge in [-0.25, -0.2) is 5.84 Å². The number of hydrazone groups is 1. The minimum Gasteiger partial charge on any atom is -0.489 e. The topological polar surface area (TPSA) is 85.7 Å². The summed E-state index contributed by atoms with van der Waals surface area (Å²) in [7, 11) is 0. The standard InChI is InChI=1S/C21H26N4OS.C3H4/c1-14(2)19-13-27-20-9-5-16(11-18(19)20)12-26-17-7-3-15(4-8-17)6-10-21(24-22)25-23;1-3-2/h3-5,7-9,11,13-14H,6,10,12,22-23H2,1-2H3,(H,24,25);1H,2H3. The molecule has 0 amide bonds. The lowest BCUT2D eigenvalue weighted by atomic mass is 10.0. The Kier molecular flexibility index (Phi) is 9.20. The number of amidine groups is 1. The lowest BCUT2D eigenvalue weighted by molar-refractivity contribution is 0.306. The number of fused-ring (bicyclic) bond motifs is 1. The first-order chi connectivity index (χ1) is 14.5. The molecular formula is C24H30N4OS. The van der Waals surface area contributed by atoms with E-state index in [4.69, 9.17) is 16.4 Å². The van der Waals surface area contributed by atoms with Crippen molar-refractivity contribution in [2.45, 2.75) is 46.1 Å². The van der Waals surface area contributed by atoms with Crippen LogP contribution in [-0.2, 0) is 13.0 Å². The average molecular weight is 423 g/mol. The molecule has 1 aromatic heterocycles. The SMILES string of the molecule is C#CC.CC(C)c1csc2ccc(COc3ccc(CC/C(=N/N)NN)cc3)cc12. The van der Waals surface area contributed by atoms with Crippen molar-refractivity contribution in [2.75, 3.05) is 0 Å². The molecule has 0 aliphatic carbocycles. The van der Waals surface area contributed by atoms with Gasteiger partial charge in [-0.3, -0.25) is 0 Å². The molecule has 0 saturated carbocycles. The van der Waals surface area contributed by atoms with Gasteiger partial charge in [-0.05, 0) is 71.0 Å². The fraction of sp³-hybridized carbons (Fsp3) is 0.292. The highest BCUT2D eigenvalue weighted by Gasteiger charge is 2.08. The lowest BCUT2D eigenvalue weighted by Gasteiger charge is -2.09. The Morgan fingerprint density at radius 1 is 1.20 bits per heavy atom. The van der Waals surface area contributed by atoms with Crippen LogP contribution in [0.1, 0.15) is 49.8 Å². The van der Waals surface area contributed by atoms with E-state index in [-0.39, 0.29) is 0 Å². The van der Waals surface area contributed by atoms with E-state index in [9.17, 15) is 0 Å². The van der Waals surface area contributed by atoms with Gasteiger partial charge in [0.1, 0.15) is 18.2 Å². The first-order valence-corrected chi connectivity index (χ1v) is 10.7. The van der Waals surface area contributed by atoms with E-state index in [1.807, 2.05) is 23.5 Å². The van der Waals surface area contributed by atoms with Crippen molar-refractivity contribution >= 4 is 27.3 Å². The van der Waals surface area contributed by atoms with Gasteiger partial charge in [0, 0.05) is 11.1 Å². The molecule has 0 aliphatic heterocycles. The van der Waals surface area contributed by atoms with Gasteiger partial charge in [-0.1, -0.05) is 32.0 Å². The van der Waals surface area contributed by atoms with Crippen molar-refractivity contribution in [1.29, 1.82) is 0 Å². The van der Waals surface area contributed by atoms with Gasteiger partial charge in [0.2, 0.25) is 0 Å². The molecule has 1 heterocycles. The summed E-state index contributed by atoms with van der Waals surface area (Å²) in [6, 6.07) is 14.7. The molecule has 2 aromatic carbocycles. The highest BCUT2D eigenvalue weighted by molar-refractivity contribution is 7.17. The number of nitrogens with one attached hydrogen (secondary N) is 1. The van der Waals surface area contributed by atoms with Gasteiger partial charge in [0.15, 0.2) is 0 Å². The predicted molar refractivity (Wildman–Crippen MR) is 128 cm³/mol. The Morgan fingerprint density at radius 2 is 1.87 bits per heavy atom. The van der Waals surface area contributed by atoms with Crippen LogP contribution in [-0.4, -0.2) is 5.84 Å². The highest BCUT2D eigenvalue weighted by atomic mass is 32.1. The Morgan fingerprint density at radius 3 is 2.47 bits per heavy atom. The van der Waals surface area contributed by atoms with Crippen LogP contribution in [0.2, 0.25) is 0 Å². The Labute approximate surface area is 183 Å². The zero-order valence-corrected chi connectivity index (χ0v) is 18.6. The van der Waals surface area contributed by atoms with E-state index in [1.54, 1.807) is 6.92 Å². The number of rotatable bonds is 7. The number of hydrogen-bond donors (Lipinski definition) is 3. The van der Waals surface area contributed by atoms with Crippen molar-refractivity contribution < 1.29 is 4.74 Å². The van der Waals surface area contributed by atoms with Crippen LogP contribution in [0.15, 0.2) is 52.9 Å². The number of thiophene rings is 1. The maximum Gasteiger partial charge on any atom is 0.136 e. The number of hydrazine groups is 1. The van der Waals surface area contributed by atoms with Crippen LogP contribution in [0, 0.1) is 12.3 Å². The van der Waals surface area contributed by atoms with E-state index in [2.05, 4.69) is 72.4 Å². The van der Waals surface area contributed by atoms with Crippen molar-refractivity contribution in [3.05, 3.63) is 64.5 Å². The lowest BCUT2D eigenvalue weighted by Crippen LogP contribution is -2.31. The van der Waals surface area contributed by atoms with E-state index >= 15 is 0 Å². The maximum absolute atomic E-state index is 5.97. The number of terminal acetylenes is 1. The first-order valence-electron chi connectivity index (χ1n) is 9.84. The molecule has 0 radical (unpaired) electrons. The van der Waals surface area contributed by atoms with Crippen molar-refractivity contribution in [3.8, 4) is 18.1 Å². The molecule has 6 heteroatoms. The van der Waals surface area contributed by atoms with Gasteiger partial charge in [-0.2, -0.15) is 5.10 Å². The molecule has 0 saturated heterocycles. The van der Waals surface area contributed by atoms with Crippen LogP contribution in [0.25, 0.3) is 10.1 Å². The summed E-state index contributed by atoms with van der Waals surface area (Å²) in [6.45, 7) is 6.68. The minimum atomic E-state index is 0.529. The van der Waals surface area contributed by atoms with Crippen molar-refractivity contribution in [1.82, 2.24) is 5.43 Å². The first kappa shape index (κ1) is 23.3. The largest absolute Gasteiger partial charge is 0.489 e. The van der Waals surface area contributed by atoms with Gasteiger partial charge >= 0.3 is 0 Å². The van der Waals surface area contributed by atoms with Crippen molar-refractivity contribution in [2.24, 2.45) is 16.8 Å². The van der Waals surface area contributed by atoms with E-state index in [0.717, 1.165) is 12.2 Å². The number of nitrogens with zero attached hydrogens (tertiary/aromatic N) is 1. The summed E-state index contributed by atoms with van der Waals surface area (Å²) in [6.07, 6.45) is 6.08. The molecule has 0 unspecified atom stereocenters. The second kappa shape index (κ2) is 11.9. The minimum absolute atomic E-state index is 0.529. The third-order valence-electron chi connectivity index (χ3n) is 4.59. The van der Waals surface area contributed by atoms with Gasteiger partial charge in [0.05, 0.1) is 0 Å². The smallest absolute Gasteiger partial charge is 0.136 e. The molecule has 30 heavy (non-hydrogen) atoms. The molecule has 0 aliphatic rings. The molecule has 3 aromatic rings. The summed E-state index contributed by atoms with van der Waals surface area (Å²) < 4.78 is 7.30. The molecule has 0 spiro atoms. The quantitative estimate of drug-likeness (QED) is 0.166. The number of aryl methyl sites for hydroxylation is 1. The second-order valence-electron chi connectivity index (χ2n) is 7.12. The Hall–Kier alpha value is -3.01. The number of benzene rings is 2. The molecule has 158 valence electrons. The molecule has 3 rings (SSSR count). The molecule has 5 N–H and O–H groups in total. The van der Waals surface area contributed by atoms with E-state index in [0.29, 0.717) is 24.8 Å². The zero-order valence-electron chi connectivity index (χ0n) is 17.8. The van der Waals surface area contributed by atoms with Gasteiger partial charge in [-0.15, -0.1) is 23.7 Å². The van der Waals surface area contributed by atoms with Crippen LogP contribution < -0.4 is 21.8 Å². The molecule has 5 nitrogen and oxygen atoms in total. The summed E-state index contributed by atoms with van der Waals surface area (Å²) in [5, 5.41) is 7.20. The van der Waals surface area contributed by atoms with Gasteiger partial charge < -0.3 is 16.0 Å².